The first kappa shape index (κ1) is 25.0. The van der Waals surface area contributed by atoms with Crippen LogP contribution in [0.1, 0.15) is 28.9 Å². The van der Waals surface area contributed by atoms with Crippen molar-refractivity contribution in [1.29, 1.82) is 0 Å². The number of carbonyl (C=O) groups excluding carboxylic acids is 1. The molecule has 1 fully saturated rings. The van der Waals surface area contributed by atoms with Gasteiger partial charge in [-0.3, -0.25) is 9.59 Å². The zero-order valence-corrected chi connectivity index (χ0v) is 21.8. The number of hydrogen-bond donors (Lipinski definition) is 2. The van der Waals surface area contributed by atoms with Crippen LogP contribution in [0.4, 0.5) is 0 Å². The van der Waals surface area contributed by atoms with Crippen LogP contribution in [0.15, 0.2) is 59.4 Å². The van der Waals surface area contributed by atoms with Crippen LogP contribution in [0.3, 0.4) is 0 Å². The summed E-state index contributed by atoms with van der Waals surface area (Å²) in [4.78, 5) is 27.8. The predicted molar refractivity (Wildman–Crippen MR) is 147 cm³/mol. The van der Waals surface area contributed by atoms with E-state index in [2.05, 4.69) is 57.5 Å². The van der Waals surface area contributed by atoms with Crippen molar-refractivity contribution >= 4 is 27.7 Å². The average Bonchev–Trinajstić information content (AvgIpc) is 3.26. The SMILES string of the molecule is CNC(=O)c1cc(=O)n(CCN2CCC(NCc3cc4ccccc4n3C)CC2)c2cc(OC)ccc12. The van der Waals surface area contributed by atoms with Crippen LogP contribution in [-0.2, 0) is 20.1 Å². The summed E-state index contributed by atoms with van der Waals surface area (Å²) in [5.74, 6) is 0.394. The lowest BCUT2D eigenvalue weighted by Gasteiger charge is -2.32. The molecule has 0 bridgehead atoms. The summed E-state index contributed by atoms with van der Waals surface area (Å²) in [5, 5.41) is 8.41. The fourth-order valence-corrected chi connectivity index (χ4v) is 5.41. The summed E-state index contributed by atoms with van der Waals surface area (Å²) in [6.07, 6.45) is 2.14. The third-order valence-electron chi connectivity index (χ3n) is 7.64. The quantitative estimate of drug-likeness (QED) is 0.388. The van der Waals surface area contributed by atoms with Crippen molar-refractivity contribution in [3.05, 3.63) is 76.2 Å². The molecule has 37 heavy (non-hydrogen) atoms. The molecule has 2 aromatic heterocycles. The van der Waals surface area contributed by atoms with Gasteiger partial charge in [-0.15, -0.1) is 0 Å². The molecule has 0 aliphatic carbocycles. The third-order valence-corrected chi connectivity index (χ3v) is 7.64. The number of aromatic nitrogens is 2. The van der Waals surface area contributed by atoms with E-state index >= 15 is 0 Å². The van der Waals surface area contributed by atoms with Gasteiger partial charge in [0.15, 0.2) is 0 Å². The molecule has 1 amide bonds. The van der Waals surface area contributed by atoms with Gasteiger partial charge in [-0.2, -0.15) is 0 Å². The summed E-state index contributed by atoms with van der Waals surface area (Å²) < 4.78 is 9.42. The molecule has 5 rings (SSSR count). The van der Waals surface area contributed by atoms with E-state index in [4.69, 9.17) is 4.74 Å². The standard InChI is InChI=1S/C29H35N5O3/c1-30-29(36)25-18-28(35)34(27-17-23(37-3)8-9-24(25)27)15-14-33-12-10-21(11-13-33)31-19-22-16-20-6-4-5-7-26(20)32(22)2/h4-9,16-18,21,31H,10-15,19H2,1-3H3,(H,30,36). The molecule has 0 radical (unpaired) electrons. The van der Waals surface area contributed by atoms with Gasteiger partial charge in [-0.05, 0) is 55.6 Å². The smallest absolute Gasteiger partial charge is 0.251 e. The topological polar surface area (TPSA) is 80.5 Å². The lowest BCUT2D eigenvalue weighted by molar-refractivity contribution is 0.0964. The van der Waals surface area contributed by atoms with Gasteiger partial charge < -0.3 is 29.4 Å². The van der Waals surface area contributed by atoms with Gasteiger partial charge in [0.2, 0.25) is 0 Å². The normalized spacial score (nSPS) is 14.9. The molecule has 4 aromatic rings. The number of piperidine rings is 1. The number of nitrogens with zero attached hydrogens (tertiary/aromatic N) is 3. The number of methoxy groups -OCH3 is 1. The van der Waals surface area contributed by atoms with Crippen LogP contribution in [0, 0.1) is 0 Å². The monoisotopic (exact) mass is 501 g/mol. The number of rotatable bonds is 8. The van der Waals surface area contributed by atoms with Crippen molar-refractivity contribution in [2.45, 2.75) is 32.0 Å². The Morgan fingerprint density at radius 3 is 2.54 bits per heavy atom. The highest BCUT2D eigenvalue weighted by Gasteiger charge is 2.20. The maximum absolute atomic E-state index is 13.0. The Morgan fingerprint density at radius 1 is 1.03 bits per heavy atom. The Hall–Kier alpha value is -3.62. The molecular formula is C29H35N5O3. The van der Waals surface area contributed by atoms with E-state index in [0.717, 1.165) is 49.9 Å². The van der Waals surface area contributed by atoms with Gasteiger partial charge in [0.05, 0.1) is 18.2 Å². The van der Waals surface area contributed by atoms with Crippen molar-refractivity contribution in [2.24, 2.45) is 7.05 Å². The maximum atomic E-state index is 13.0. The fourth-order valence-electron chi connectivity index (χ4n) is 5.41. The highest BCUT2D eigenvalue weighted by atomic mass is 16.5. The van der Waals surface area contributed by atoms with E-state index in [0.29, 0.717) is 23.9 Å². The second kappa shape index (κ2) is 10.8. The Bertz CT molecular complexity index is 1480. The summed E-state index contributed by atoms with van der Waals surface area (Å²) in [7, 11) is 5.30. The first-order valence-electron chi connectivity index (χ1n) is 12.9. The van der Waals surface area contributed by atoms with Crippen molar-refractivity contribution in [2.75, 3.05) is 33.8 Å². The number of para-hydroxylation sites is 1. The third kappa shape index (κ3) is 5.12. The largest absolute Gasteiger partial charge is 0.497 e. The minimum Gasteiger partial charge on any atom is -0.497 e. The van der Waals surface area contributed by atoms with Crippen LogP contribution < -0.4 is 20.9 Å². The minimum absolute atomic E-state index is 0.175. The summed E-state index contributed by atoms with van der Waals surface area (Å²) in [6.45, 7) is 4.17. The van der Waals surface area contributed by atoms with Crippen molar-refractivity contribution in [1.82, 2.24) is 24.7 Å². The molecule has 3 heterocycles. The Labute approximate surface area is 216 Å². The number of ether oxygens (including phenoxy) is 1. The molecule has 1 saturated heterocycles. The van der Waals surface area contributed by atoms with Crippen LogP contribution in [0.2, 0.25) is 0 Å². The van der Waals surface area contributed by atoms with E-state index in [1.807, 2.05) is 18.2 Å². The second-order valence-electron chi connectivity index (χ2n) is 9.76. The van der Waals surface area contributed by atoms with E-state index in [1.54, 1.807) is 18.7 Å². The lowest BCUT2D eigenvalue weighted by atomic mass is 10.0. The second-order valence-corrected chi connectivity index (χ2v) is 9.76. The number of pyridine rings is 1. The number of carbonyl (C=O) groups is 1. The molecule has 1 aliphatic heterocycles. The van der Waals surface area contributed by atoms with E-state index in [-0.39, 0.29) is 11.5 Å². The number of fused-ring (bicyclic) bond motifs is 2. The highest BCUT2D eigenvalue weighted by Crippen LogP contribution is 2.23. The number of likely N-dealkylation sites (tertiary alicyclic amines) is 1. The Morgan fingerprint density at radius 2 is 1.81 bits per heavy atom. The molecule has 194 valence electrons. The zero-order valence-electron chi connectivity index (χ0n) is 21.8. The number of hydrogen-bond acceptors (Lipinski definition) is 5. The number of benzene rings is 2. The van der Waals surface area contributed by atoms with E-state index in [9.17, 15) is 9.59 Å². The van der Waals surface area contributed by atoms with Crippen LogP contribution in [0.25, 0.3) is 21.8 Å². The fraction of sp³-hybridized carbons (Fsp3) is 0.379. The summed E-state index contributed by atoms with van der Waals surface area (Å²) in [5.41, 5.74) is 3.49. The highest BCUT2D eigenvalue weighted by molar-refractivity contribution is 6.06. The molecule has 0 atom stereocenters. The van der Waals surface area contributed by atoms with Crippen LogP contribution in [-0.4, -0.2) is 59.8 Å². The van der Waals surface area contributed by atoms with Gasteiger partial charge in [-0.25, -0.2) is 0 Å². The molecule has 0 unspecified atom stereocenters. The lowest BCUT2D eigenvalue weighted by Crippen LogP contribution is -2.43. The number of amides is 1. The predicted octanol–water partition coefficient (Wildman–Crippen LogP) is 3.12. The van der Waals surface area contributed by atoms with E-state index in [1.165, 1.54) is 22.7 Å². The number of nitrogens with one attached hydrogen (secondary N) is 2. The Kier molecular flexibility index (Phi) is 7.30. The minimum atomic E-state index is -0.266. The first-order chi connectivity index (χ1) is 18.0. The molecule has 8 heteroatoms. The van der Waals surface area contributed by atoms with Gasteiger partial charge in [-0.1, -0.05) is 18.2 Å². The summed E-state index contributed by atoms with van der Waals surface area (Å²) in [6, 6.07) is 18.2. The van der Waals surface area contributed by atoms with Gasteiger partial charge in [0, 0.05) is 68.5 Å². The zero-order chi connectivity index (χ0) is 25.9. The van der Waals surface area contributed by atoms with E-state index < -0.39 is 0 Å². The first-order valence-corrected chi connectivity index (χ1v) is 12.9. The molecule has 8 nitrogen and oxygen atoms in total. The van der Waals surface area contributed by atoms with Crippen LogP contribution >= 0.6 is 0 Å². The molecular weight excluding hydrogens is 466 g/mol. The van der Waals surface area contributed by atoms with Crippen molar-refractivity contribution in [3.8, 4) is 5.75 Å². The molecule has 0 spiro atoms. The molecule has 2 N–H and O–H groups in total. The molecule has 1 aliphatic rings. The summed E-state index contributed by atoms with van der Waals surface area (Å²) >= 11 is 0. The average molecular weight is 502 g/mol. The van der Waals surface area contributed by atoms with Crippen LogP contribution in [0.5, 0.6) is 5.75 Å². The van der Waals surface area contributed by atoms with Gasteiger partial charge in [0.1, 0.15) is 5.75 Å². The van der Waals surface area contributed by atoms with Gasteiger partial charge >= 0.3 is 0 Å². The van der Waals surface area contributed by atoms with Crippen molar-refractivity contribution in [3.63, 3.8) is 0 Å². The van der Waals surface area contributed by atoms with Crippen molar-refractivity contribution < 1.29 is 9.53 Å². The number of aryl methyl sites for hydroxylation is 1. The maximum Gasteiger partial charge on any atom is 0.251 e. The van der Waals surface area contributed by atoms with Gasteiger partial charge in [0.25, 0.3) is 11.5 Å². The molecule has 0 saturated carbocycles. The molecule has 2 aromatic carbocycles. The Balaban J connectivity index is 1.22.